The maximum Gasteiger partial charge on any atom is 0.227 e. The van der Waals surface area contributed by atoms with Gasteiger partial charge in [0, 0.05) is 42.2 Å². The van der Waals surface area contributed by atoms with Crippen LogP contribution in [-0.4, -0.2) is 46.7 Å². The van der Waals surface area contributed by atoms with E-state index in [4.69, 9.17) is 4.74 Å². The standard InChI is InChI=1S/C18H24N2O3/c1-3-23-16-6-4-5-15-18(16)14(10-19-15)9-17(22)20-8-7-13(11-21)12(20)2/h4-6,10,12-13,19,21H,3,7-9,11H2,1-2H3. The van der Waals surface area contributed by atoms with Gasteiger partial charge in [0.15, 0.2) is 0 Å². The summed E-state index contributed by atoms with van der Waals surface area (Å²) in [5.74, 6) is 1.12. The number of aromatic nitrogens is 1. The van der Waals surface area contributed by atoms with Crippen LogP contribution in [0.1, 0.15) is 25.8 Å². The molecule has 1 fully saturated rings. The summed E-state index contributed by atoms with van der Waals surface area (Å²) in [6.45, 7) is 5.45. The van der Waals surface area contributed by atoms with Crippen LogP contribution in [0.25, 0.3) is 10.9 Å². The second-order valence-corrected chi connectivity index (χ2v) is 6.16. The van der Waals surface area contributed by atoms with E-state index in [0.29, 0.717) is 13.0 Å². The Balaban J connectivity index is 1.83. The predicted molar refractivity (Wildman–Crippen MR) is 89.5 cm³/mol. The second-order valence-electron chi connectivity index (χ2n) is 6.16. The highest BCUT2D eigenvalue weighted by Gasteiger charge is 2.33. The molecule has 0 radical (unpaired) electrons. The molecule has 0 saturated carbocycles. The van der Waals surface area contributed by atoms with Crippen molar-refractivity contribution in [1.29, 1.82) is 0 Å². The van der Waals surface area contributed by atoms with Crippen molar-refractivity contribution in [2.75, 3.05) is 19.8 Å². The molecule has 23 heavy (non-hydrogen) atoms. The molecule has 2 atom stereocenters. The summed E-state index contributed by atoms with van der Waals surface area (Å²) in [6, 6.07) is 5.98. The summed E-state index contributed by atoms with van der Waals surface area (Å²) in [7, 11) is 0. The van der Waals surface area contributed by atoms with Crippen LogP contribution in [0.15, 0.2) is 24.4 Å². The monoisotopic (exact) mass is 316 g/mol. The lowest BCUT2D eigenvalue weighted by Gasteiger charge is -2.24. The molecule has 1 amide bonds. The van der Waals surface area contributed by atoms with E-state index in [-0.39, 0.29) is 24.5 Å². The van der Waals surface area contributed by atoms with Gasteiger partial charge in [0.1, 0.15) is 5.75 Å². The topological polar surface area (TPSA) is 65.6 Å². The highest BCUT2D eigenvalue weighted by Crippen LogP contribution is 2.30. The molecule has 0 aliphatic carbocycles. The molecule has 1 aliphatic heterocycles. The number of nitrogens with zero attached hydrogens (tertiary/aromatic N) is 1. The maximum atomic E-state index is 12.7. The predicted octanol–water partition coefficient (Wildman–Crippen LogP) is 2.34. The molecule has 1 aromatic heterocycles. The van der Waals surface area contributed by atoms with Crippen molar-refractivity contribution >= 4 is 16.8 Å². The Hall–Kier alpha value is -2.01. The molecule has 3 rings (SSSR count). The number of rotatable bonds is 5. The van der Waals surface area contributed by atoms with Crippen molar-refractivity contribution in [3.05, 3.63) is 30.0 Å². The van der Waals surface area contributed by atoms with Crippen LogP contribution in [0.5, 0.6) is 5.75 Å². The van der Waals surface area contributed by atoms with E-state index in [1.165, 1.54) is 0 Å². The highest BCUT2D eigenvalue weighted by molar-refractivity contribution is 5.93. The minimum Gasteiger partial charge on any atom is -0.493 e. The quantitative estimate of drug-likeness (QED) is 0.890. The van der Waals surface area contributed by atoms with Gasteiger partial charge in [-0.05, 0) is 38.0 Å². The molecule has 1 saturated heterocycles. The van der Waals surface area contributed by atoms with Gasteiger partial charge >= 0.3 is 0 Å². The van der Waals surface area contributed by atoms with Crippen molar-refractivity contribution in [3.8, 4) is 5.75 Å². The molecule has 0 spiro atoms. The third-order valence-electron chi connectivity index (χ3n) is 4.86. The Kier molecular flexibility index (Phi) is 4.57. The fraction of sp³-hybridized carbons (Fsp3) is 0.500. The first-order valence-corrected chi connectivity index (χ1v) is 8.27. The second kappa shape index (κ2) is 6.62. The normalized spacial score (nSPS) is 21.1. The van der Waals surface area contributed by atoms with Crippen LogP contribution < -0.4 is 4.74 Å². The van der Waals surface area contributed by atoms with Crippen LogP contribution in [0.4, 0.5) is 0 Å². The van der Waals surface area contributed by atoms with Gasteiger partial charge in [0.2, 0.25) is 5.91 Å². The van der Waals surface area contributed by atoms with Crippen molar-refractivity contribution in [2.24, 2.45) is 5.92 Å². The molecule has 2 aromatic rings. The van der Waals surface area contributed by atoms with Gasteiger partial charge in [-0.1, -0.05) is 6.07 Å². The van der Waals surface area contributed by atoms with Crippen molar-refractivity contribution in [2.45, 2.75) is 32.7 Å². The zero-order valence-electron chi connectivity index (χ0n) is 13.7. The van der Waals surface area contributed by atoms with E-state index < -0.39 is 0 Å². The third kappa shape index (κ3) is 2.93. The third-order valence-corrected chi connectivity index (χ3v) is 4.86. The van der Waals surface area contributed by atoms with Gasteiger partial charge in [-0.2, -0.15) is 0 Å². The molecule has 5 heteroatoms. The Bertz CT molecular complexity index is 695. The Morgan fingerprint density at radius 1 is 1.48 bits per heavy atom. The zero-order chi connectivity index (χ0) is 16.4. The molecular formula is C18H24N2O3. The number of aromatic amines is 1. The van der Waals surface area contributed by atoms with E-state index in [2.05, 4.69) is 4.98 Å². The molecular weight excluding hydrogens is 292 g/mol. The Labute approximate surface area is 136 Å². The summed E-state index contributed by atoms with van der Waals surface area (Å²) in [5, 5.41) is 10.4. The van der Waals surface area contributed by atoms with E-state index in [9.17, 15) is 9.90 Å². The number of fused-ring (bicyclic) bond motifs is 1. The van der Waals surface area contributed by atoms with E-state index in [1.54, 1.807) is 0 Å². The number of aliphatic hydroxyl groups excluding tert-OH is 1. The minimum absolute atomic E-state index is 0.101. The van der Waals surface area contributed by atoms with Crippen LogP contribution in [0.2, 0.25) is 0 Å². The first-order valence-electron chi connectivity index (χ1n) is 8.27. The zero-order valence-corrected chi connectivity index (χ0v) is 13.7. The fourth-order valence-corrected chi connectivity index (χ4v) is 3.50. The van der Waals surface area contributed by atoms with Crippen molar-refractivity contribution in [1.82, 2.24) is 9.88 Å². The van der Waals surface area contributed by atoms with Gasteiger partial charge in [-0.25, -0.2) is 0 Å². The number of nitrogens with one attached hydrogen (secondary N) is 1. The SMILES string of the molecule is CCOc1cccc2[nH]cc(CC(=O)N3CCC(CO)C3C)c12. The number of H-pyrrole nitrogens is 1. The van der Waals surface area contributed by atoms with E-state index in [0.717, 1.165) is 35.2 Å². The van der Waals surface area contributed by atoms with Crippen LogP contribution in [0.3, 0.4) is 0 Å². The van der Waals surface area contributed by atoms with Crippen molar-refractivity contribution < 1.29 is 14.6 Å². The molecule has 1 aromatic carbocycles. The van der Waals surface area contributed by atoms with Crippen molar-refractivity contribution in [3.63, 3.8) is 0 Å². The molecule has 0 bridgehead atoms. The molecule has 124 valence electrons. The lowest BCUT2D eigenvalue weighted by Crippen LogP contribution is -2.37. The number of carbonyl (C=O) groups is 1. The summed E-state index contributed by atoms with van der Waals surface area (Å²) < 4.78 is 5.70. The average Bonchev–Trinajstić information content (AvgIpc) is 3.12. The number of ether oxygens (including phenoxy) is 1. The highest BCUT2D eigenvalue weighted by atomic mass is 16.5. The maximum absolute atomic E-state index is 12.7. The molecule has 2 N–H and O–H groups in total. The van der Waals surface area contributed by atoms with Crippen LogP contribution >= 0.6 is 0 Å². The first kappa shape index (κ1) is 15.9. The smallest absolute Gasteiger partial charge is 0.227 e. The van der Waals surface area contributed by atoms with Gasteiger partial charge in [-0.3, -0.25) is 4.79 Å². The largest absolute Gasteiger partial charge is 0.493 e. The number of benzene rings is 1. The number of likely N-dealkylation sites (tertiary alicyclic amines) is 1. The molecule has 5 nitrogen and oxygen atoms in total. The first-order chi connectivity index (χ1) is 11.2. The number of hydrogen-bond donors (Lipinski definition) is 2. The van der Waals surface area contributed by atoms with Gasteiger partial charge in [0.25, 0.3) is 0 Å². The van der Waals surface area contributed by atoms with E-state index >= 15 is 0 Å². The number of carbonyl (C=O) groups excluding carboxylic acids is 1. The van der Waals surface area contributed by atoms with Crippen LogP contribution in [-0.2, 0) is 11.2 Å². The lowest BCUT2D eigenvalue weighted by atomic mass is 10.0. The summed E-state index contributed by atoms with van der Waals surface area (Å²) in [4.78, 5) is 17.8. The minimum atomic E-state index is 0.101. The van der Waals surface area contributed by atoms with Crippen LogP contribution in [0, 0.1) is 5.92 Å². The molecule has 2 heterocycles. The summed E-state index contributed by atoms with van der Waals surface area (Å²) >= 11 is 0. The molecule has 1 aliphatic rings. The van der Waals surface area contributed by atoms with Gasteiger partial charge < -0.3 is 19.7 Å². The van der Waals surface area contributed by atoms with Gasteiger partial charge in [-0.15, -0.1) is 0 Å². The summed E-state index contributed by atoms with van der Waals surface area (Å²) in [5.41, 5.74) is 1.95. The number of hydrogen-bond acceptors (Lipinski definition) is 3. The number of amides is 1. The van der Waals surface area contributed by atoms with E-state index in [1.807, 2.05) is 43.1 Å². The summed E-state index contributed by atoms with van der Waals surface area (Å²) in [6.07, 6.45) is 3.13. The van der Waals surface area contributed by atoms with Gasteiger partial charge in [0.05, 0.1) is 13.0 Å². The Morgan fingerprint density at radius 3 is 3.00 bits per heavy atom. The molecule has 2 unspecified atom stereocenters. The number of aliphatic hydroxyl groups is 1. The lowest BCUT2D eigenvalue weighted by molar-refractivity contribution is -0.131. The fourth-order valence-electron chi connectivity index (χ4n) is 3.50. The Morgan fingerprint density at radius 2 is 2.30 bits per heavy atom. The average molecular weight is 316 g/mol.